The number of hydrogen-bond donors (Lipinski definition) is 4. The van der Waals surface area contributed by atoms with E-state index < -0.39 is 17.4 Å². The standard InChI is InChI=1S/C22H21N5O3/c1-12-8-13(2)10-15(9-12)23-20(29)16-11-17(28)25-19-18(16)21(30)27-22(26-19)24-14-6-4-3-5-7-14/h3-10,16H,11H2,1-2H3,(H,23,29)(H3,24,25,26,27,28,30)/t16-/m0/s1. The van der Waals surface area contributed by atoms with Crippen molar-refractivity contribution in [2.24, 2.45) is 0 Å². The second-order valence-corrected chi connectivity index (χ2v) is 7.34. The van der Waals surface area contributed by atoms with Crippen LogP contribution in [-0.4, -0.2) is 21.8 Å². The van der Waals surface area contributed by atoms with Gasteiger partial charge in [0, 0.05) is 17.8 Å². The minimum absolute atomic E-state index is 0.0917. The highest BCUT2D eigenvalue weighted by Gasteiger charge is 2.34. The molecular formula is C22H21N5O3. The van der Waals surface area contributed by atoms with E-state index in [1.807, 2.05) is 62.4 Å². The minimum Gasteiger partial charge on any atom is -0.326 e. The van der Waals surface area contributed by atoms with Crippen LogP contribution in [0.3, 0.4) is 0 Å². The van der Waals surface area contributed by atoms with Crippen LogP contribution in [-0.2, 0) is 9.59 Å². The number of nitrogens with zero attached hydrogens (tertiary/aromatic N) is 1. The fourth-order valence-corrected chi connectivity index (χ4v) is 3.59. The predicted molar refractivity (Wildman–Crippen MR) is 115 cm³/mol. The predicted octanol–water partition coefficient (Wildman–Crippen LogP) is 3.19. The lowest BCUT2D eigenvalue weighted by atomic mass is 9.92. The summed E-state index contributed by atoms with van der Waals surface area (Å²) in [7, 11) is 0. The van der Waals surface area contributed by atoms with Crippen molar-refractivity contribution < 1.29 is 9.59 Å². The van der Waals surface area contributed by atoms with E-state index in [9.17, 15) is 14.4 Å². The molecule has 0 bridgehead atoms. The summed E-state index contributed by atoms with van der Waals surface area (Å²) in [5, 5.41) is 8.41. The zero-order chi connectivity index (χ0) is 21.3. The molecule has 0 spiro atoms. The molecule has 0 radical (unpaired) electrons. The van der Waals surface area contributed by atoms with Gasteiger partial charge in [0.2, 0.25) is 17.8 Å². The number of carbonyl (C=O) groups excluding carboxylic acids is 2. The molecule has 2 aromatic carbocycles. The minimum atomic E-state index is -0.934. The van der Waals surface area contributed by atoms with Gasteiger partial charge in [-0.05, 0) is 49.2 Å². The smallest absolute Gasteiger partial charge is 0.258 e. The molecule has 30 heavy (non-hydrogen) atoms. The zero-order valence-corrected chi connectivity index (χ0v) is 16.6. The van der Waals surface area contributed by atoms with Gasteiger partial charge in [-0.15, -0.1) is 0 Å². The lowest BCUT2D eigenvalue weighted by Gasteiger charge is -2.23. The van der Waals surface area contributed by atoms with Gasteiger partial charge in [0.15, 0.2) is 0 Å². The van der Waals surface area contributed by atoms with Crippen molar-refractivity contribution in [2.75, 3.05) is 16.0 Å². The average Bonchev–Trinajstić information content (AvgIpc) is 2.67. The van der Waals surface area contributed by atoms with Crippen molar-refractivity contribution >= 4 is 35.0 Å². The van der Waals surface area contributed by atoms with Crippen LogP contribution in [0.5, 0.6) is 0 Å². The fraction of sp³-hybridized carbons (Fsp3) is 0.182. The molecule has 0 saturated heterocycles. The Balaban J connectivity index is 1.65. The number of carbonyl (C=O) groups is 2. The Kier molecular flexibility index (Phi) is 5.05. The average molecular weight is 403 g/mol. The van der Waals surface area contributed by atoms with E-state index in [4.69, 9.17) is 0 Å². The summed E-state index contributed by atoms with van der Waals surface area (Å²) in [6.45, 7) is 3.86. The van der Waals surface area contributed by atoms with Crippen molar-refractivity contribution in [1.29, 1.82) is 0 Å². The summed E-state index contributed by atoms with van der Waals surface area (Å²) in [5.41, 5.74) is 3.03. The van der Waals surface area contributed by atoms with Gasteiger partial charge in [-0.25, -0.2) is 0 Å². The number of rotatable bonds is 4. The van der Waals surface area contributed by atoms with E-state index in [0.29, 0.717) is 5.69 Å². The Morgan fingerprint density at radius 1 is 1.03 bits per heavy atom. The van der Waals surface area contributed by atoms with E-state index in [0.717, 1.165) is 16.8 Å². The SMILES string of the molecule is Cc1cc(C)cc(NC(=O)[C@H]2CC(=O)Nc3nc(Nc4ccccc4)[nH]c(=O)c32)c1. The largest absolute Gasteiger partial charge is 0.326 e. The maximum atomic E-state index is 12.9. The number of para-hydroxylation sites is 1. The maximum Gasteiger partial charge on any atom is 0.258 e. The molecule has 4 rings (SSSR count). The first-order chi connectivity index (χ1) is 14.4. The number of aryl methyl sites for hydroxylation is 2. The fourth-order valence-electron chi connectivity index (χ4n) is 3.59. The molecule has 0 unspecified atom stereocenters. The number of hydrogen-bond acceptors (Lipinski definition) is 5. The van der Waals surface area contributed by atoms with Crippen molar-refractivity contribution in [3.63, 3.8) is 0 Å². The normalized spacial score (nSPS) is 15.1. The molecule has 3 aromatic rings. The maximum absolute atomic E-state index is 12.9. The Labute approximate surface area is 172 Å². The molecule has 1 aliphatic heterocycles. The van der Waals surface area contributed by atoms with Gasteiger partial charge >= 0.3 is 0 Å². The molecule has 0 aliphatic carbocycles. The number of benzene rings is 2. The molecule has 1 atom stereocenters. The quantitative estimate of drug-likeness (QED) is 0.534. The monoisotopic (exact) mass is 403 g/mol. The summed E-state index contributed by atoms with van der Waals surface area (Å²) < 4.78 is 0. The first-order valence-corrected chi connectivity index (χ1v) is 9.54. The number of nitrogens with one attached hydrogen (secondary N) is 4. The van der Waals surface area contributed by atoms with Crippen LogP contribution < -0.4 is 21.5 Å². The first kappa shape index (κ1) is 19.4. The zero-order valence-electron chi connectivity index (χ0n) is 16.6. The van der Waals surface area contributed by atoms with Crippen molar-refractivity contribution in [1.82, 2.24) is 9.97 Å². The van der Waals surface area contributed by atoms with E-state index in [-0.39, 0.29) is 29.7 Å². The van der Waals surface area contributed by atoms with E-state index in [1.165, 1.54) is 0 Å². The van der Waals surface area contributed by atoms with Gasteiger partial charge in [-0.2, -0.15) is 4.98 Å². The molecule has 8 nitrogen and oxygen atoms in total. The number of H-pyrrole nitrogens is 1. The third-order valence-corrected chi connectivity index (χ3v) is 4.79. The van der Waals surface area contributed by atoms with Crippen molar-refractivity contribution in [3.8, 4) is 0 Å². The van der Waals surface area contributed by atoms with E-state index >= 15 is 0 Å². The van der Waals surface area contributed by atoms with Crippen LogP contribution in [0.25, 0.3) is 0 Å². The highest BCUT2D eigenvalue weighted by Crippen LogP contribution is 2.30. The van der Waals surface area contributed by atoms with Gasteiger partial charge < -0.3 is 16.0 Å². The molecule has 4 N–H and O–H groups in total. The molecule has 0 saturated carbocycles. The lowest BCUT2D eigenvalue weighted by Crippen LogP contribution is -2.36. The molecule has 2 amide bonds. The van der Waals surface area contributed by atoms with Crippen LogP contribution in [0.1, 0.15) is 29.0 Å². The van der Waals surface area contributed by atoms with Gasteiger partial charge in [-0.3, -0.25) is 19.4 Å². The van der Waals surface area contributed by atoms with Gasteiger partial charge in [-0.1, -0.05) is 24.3 Å². The second kappa shape index (κ2) is 7.82. The Morgan fingerprint density at radius 2 is 1.73 bits per heavy atom. The Hall–Kier alpha value is -3.94. The number of anilines is 4. The first-order valence-electron chi connectivity index (χ1n) is 9.54. The van der Waals surface area contributed by atoms with Crippen molar-refractivity contribution in [2.45, 2.75) is 26.2 Å². The lowest BCUT2D eigenvalue weighted by molar-refractivity contribution is -0.123. The molecule has 1 aromatic heterocycles. The van der Waals surface area contributed by atoms with E-state index in [1.54, 1.807) is 0 Å². The molecule has 2 heterocycles. The van der Waals surface area contributed by atoms with Crippen LogP contribution >= 0.6 is 0 Å². The van der Waals surface area contributed by atoms with E-state index in [2.05, 4.69) is 25.9 Å². The van der Waals surface area contributed by atoms with Crippen LogP contribution in [0.15, 0.2) is 53.3 Å². The topological polar surface area (TPSA) is 116 Å². The van der Waals surface area contributed by atoms with Gasteiger partial charge in [0.1, 0.15) is 5.82 Å². The van der Waals surface area contributed by atoms with Crippen LogP contribution in [0.4, 0.5) is 23.1 Å². The highest BCUT2D eigenvalue weighted by atomic mass is 16.2. The molecule has 8 heteroatoms. The van der Waals surface area contributed by atoms with Crippen LogP contribution in [0, 0.1) is 13.8 Å². The summed E-state index contributed by atoms with van der Waals surface area (Å²) in [6.07, 6.45) is -0.125. The number of fused-ring (bicyclic) bond motifs is 1. The van der Waals surface area contributed by atoms with Gasteiger partial charge in [0.05, 0.1) is 11.5 Å². The number of aromatic amines is 1. The summed E-state index contributed by atoms with van der Waals surface area (Å²) in [6, 6.07) is 14.9. The third-order valence-electron chi connectivity index (χ3n) is 4.79. The number of aromatic nitrogens is 2. The molecule has 0 fully saturated rings. The molecule has 152 valence electrons. The summed E-state index contributed by atoms with van der Waals surface area (Å²) in [4.78, 5) is 44.9. The highest BCUT2D eigenvalue weighted by molar-refractivity contribution is 6.04. The summed E-state index contributed by atoms with van der Waals surface area (Å²) in [5.74, 6) is -1.45. The van der Waals surface area contributed by atoms with Crippen molar-refractivity contribution in [3.05, 3.63) is 75.6 Å². The Morgan fingerprint density at radius 3 is 2.43 bits per heavy atom. The summed E-state index contributed by atoms with van der Waals surface area (Å²) >= 11 is 0. The van der Waals surface area contributed by atoms with Gasteiger partial charge in [0.25, 0.3) is 5.56 Å². The number of amides is 2. The molecular weight excluding hydrogens is 382 g/mol. The molecule has 1 aliphatic rings. The van der Waals surface area contributed by atoms with Crippen LogP contribution in [0.2, 0.25) is 0 Å². The third kappa shape index (κ3) is 4.07. The second-order valence-electron chi connectivity index (χ2n) is 7.34. The Bertz CT molecular complexity index is 1170.